The maximum absolute atomic E-state index is 10.8. The largest absolute Gasteiger partial charge is 0.481 e. The molecule has 0 saturated heterocycles. The lowest BCUT2D eigenvalue weighted by Gasteiger charge is -2.11. The quantitative estimate of drug-likeness (QED) is 0.776. The van der Waals surface area contributed by atoms with Crippen LogP contribution >= 0.6 is 35.0 Å². The van der Waals surface area contributed by atoms with E-state index in [4.69, 9.17) is 33.0 Å². The van der Waals surface area contributed by atoms with Gasteiger partial charge >= 0.3 is 5.97 Å². The Balaban J connectivity index is 2.29. The number of aldehydes is 1. The summed E-state index contributed by atoms with van der Waals surface area (Å²) in [6, 6.07) is 10.2. The minimum atomic E-state index is -1.06. The molecule has 0 radical (unpaired) electrons. The monoisotopic (exact) mass is 356 g/mol. The molecule has 0 atom stereocenters. The summed E-state index contributed by atoms with van der Waals surface area (Å²) in [4.78, 5) is 22.8. The molecule has 0 spiro atoms. The van der Waals surface area contributed by atoms with E-state index in [1.165, 1.54) is 11.8 Å². The van der Waals surface area contributed by atoms with E-state index in [2.05, 4.69) is 0 Å². The summed E-state index contributed by atoms with van der Waals surface area (Å²) in [7, 11) is 0. The SMILES string of the molecule is O=Cc1ccc(Sc2ccccc2OCC(=O)O)c(Cl)c1Cl. The molecular weight excluding hydrogens is 347 g/mol. The molecule has 7 heteroatoms. The maximum Gasteiger partial charge on any atom is 0.341 e. The minimum absolute atomic E-state index is 0.186. The van der Waals surface area contributed by atoms with Crippen LogP contribution in [-0.2, 0) is 4.79 Å². The number of carbonyl (C=O) groups excluding carboxylic acids is 1. The highest BCUT2D eigenvalue weighted by Gasteiger charge is 2.13. The molecule has 0 unspecified atom stereocenters. The zero-order valence-electron chi connectivity index (χ0n) is 11.1. The van der Waals surface area contributed by atoms with Gasteiger partial charge in [0.15, 0.2) is 12.9 Å². The minimum Gasteiger partial charge on any atom is -0.481 e. The Morgan fingerprint density at radius 3 is 2.55 bits per heavy atom. The fraction of sp³-hybridized carbons (Fsp3) is 0.0667. The Labute approximate surface area is 141 Å². The van der Waals surface area contributed by atoms with Crippen molar-refractivity contribution in [2.75, 3.05) is 6.61 Å². The highest BCUT2D eigenvalue weighted by Crippen LogP contribution is 2.41. The molecular formula is C15H10Cl2O4S. The molecule has 22 heavy (non-hydrogen) atoms. The fourth-order valence-electron chi connectivity index (χ4n) is 1.63. The van der Waals surface area contributed by atoms with Gasteiger partial charge in [-0.25, -0.2) is 4.79 Å². The van der Waals surface area contributed by atoms with Crippen molar-refractivity contribution in [3.8, 4) is 5.75 Å². The van der Waals surface area contributed by atoms with Crippen LogP contribution in [0.25, 0.3) is 0 Å². The summed E-state index contributed by atoms with van der Waals surface area (Å²) in [6.45, 7) is -0.434. The van der Waals surface area contributed by atoms with Crippen LogP contribution in [0, 0.1) is 0 Å². The van der Waals surface area contributed by atoms with Gasteiger partial charge in [-0.3, -0.25) is 4.79 Å². The Hall–Kier alpha value is -1.69. The van der Waals surface area contributed by atoms with Crippen molar-refractivity contribution in [2.24, 2.45) is 0 Å². The molecule has 0 aliphatic carbocycles. The third-order valence-corrected chi connectivity index (χ3v) is 4.75. The van der Waals surface area contributed by atoms with Crippen molar-refractivity contribution in [1.82, 2.24) is 0 Å². The summed E-state index contributed by atoms with van der Waals surface area (Å²) in [5.41, 5.74) is 0.312. The number of halogens is 2. The van der Waals surface area contributed by atoms with Crippen LogP contribution in [0.4, 0.5) is 0 Å². The fourth-order valence-corrected chi connectivity index (χ4v) is 3.12. The van der Waals surface area contributed by atoms with Crippen molar-refractivity contribution in [2.45, 2.75) is 9.79 Å². The first-order valence-corrected chi connectivity index (χ1v) is 7.65. The van der Waals surface area contributed by atoms with Crippen molar-refractivity contribution in [3.63, 3.8) is 0 Å². The maximum atomic E-state index is 10.8. The summed E-state index contributed by atoms with van der Waals surface area (Å²) in [6.07, 6.45) is 0.632. The molecule has 0 heterocycles. The van der Waals surface area contributed by atoms with Crippen molar-refractivity contribution < 1.29 is 19.4 Å². The van der Waals surface area contributed by atoms with E-state index in [-0.39, 0.29) is 10.0 Å². The standard InChI is InChI=1S/C15H10Cl2O4S/c16-14-9(7-18)5-6-12(15(14)17)22-11-4-2-1-3-10(11)21-8-13(19)20/h1-7H,8H2,(H,19,20). The van der Waals surface area contributed by atoms with E-state index < -0.39 is 12.6 Å². The summed E-state index contributed by atoms with van der Waals surface area (Å²) < 4.78 is 5.23. The first-order chi connectivity index (χ1) is 10.5. The van der Waals surface area contributed by atoms with E-state index in [1.54, 1.807) is 36.4 Å². The Morgan fingerprint density at radius 2 is 1.86 bits per heavy atom. The molecule has 0 aliphatic heterocycles. The molecule has 2 rings (SSSR count). The molecule has 1 N–H and O–H groups in total. The third kappa shape index (κ3) is 3.94. The molecule has 114 valence electrons. The molecule has 0 fully saturated rings. The van der Waals surface area contributed by atoms with Gasteiger partial charge in [-0.15, -0.1) is 0 Å². The van der Waals surface area contributed by atoms with Crippen molar-refractivity contribution >= 4 is 47.2 Å². The van der Waals surface area contributed by atoms with E-state index in [9.17, 15) is 9.59 Å². The average molecular weight is 357 g/mol. The zero-order valence-corrected chi connectivity index (χ0v) is 13.4. The predicted molar refractivity (Wildman–Crippen MR) is 85.5 cm³/mol. The number of rotatable bonds is 6. The number of ether oxygens (including phenoxy) is 1. The summed E-state index contributed by atoms with van der Waals surface area (Å²) in [5, 5.41) is 9.14. The number of hydrogen-bond acceptors (Lipinski definition) is 4. The second-order valence-electron chi connectivity index (χ2n) is 4.13. The number of hydrogen-bond donors (Lipinski definition) is 1. The van der Waals surface area contributed by atoms with E-state index >= 15 is 0 Å². The molecule has 2 aromatic rings. The van der Waals surface area contributed by atoms with Gasteiger partial charge in [0.1, 0.15) is 5.75 Å². The second-order valence-corrected chi connectivity index (χ2v) is 5.97. The van der Waals surface area contributed by atoms with Gasteiger partial charge in [-0.2, -0.15) is 0 Å². The summed E-state index contributed by atoms with van der Waals surface area (Å²) >= 11 is 13.5. The van der Waals surface area contributed by atoms with E-state index in [0.29, 0.717) is 27.4 Å². The number of carboxylic acids is 1. The number of aliphatic carboxylic acids is 1. The summed E-state index contributed by atoms with van der Waals surface area (Å²) in [5.74, 6) is -0.627. The molecule has 0 aromatic heterocycles. The normalized spacial score (nSPS) is 10.3. The Bertz CT molecular complexity index is 719. The average Bonchev–Trinajstić information content (AvgIpc) is 2.51. The van der Waals surface area contributed by atoms with Crippen molar-refractivity contribution in [3.05, 3.63) is 52.0 Å². The first kappa shape index (κ1) is 16.7. The lowest BCUT2D eigenvalue weighted by Crippen LogP contribution is -2.09. The smallest absolute Gasteiger partial charge is 0.341 e. The van der Waals surface area contributed by atoms with Gasteiger partial charge in [0.2, 0.25) is 0 Å². The van der Waals surface area contributed by atoms with Gasteiger partial charge in [0.05, 0.1) is 14.9 Å². The van der Waals surface area contributed by atoms with Gasteiger partial charge in [0, 0.05) is 10.5 Å². The Morgan fingerprint density at radius 1 is 1.14 bits per heavy atom. The molecule has 0 saturated carbocycles. The van der Waals surface area contributed by atoms with Gasteiger partial charge in [0.25, 0.3) is 0 Å². The molecule has 2 aromatic carbocycles. The molecule has 4 nitrogen and oxygen atoms in total. The van der Waals surface area contributed by atoms with E-state index in [0.717, 1.165) is 0 Å². The number of carbonyl (C=O) groups is 2. The highest BCUT2D eigenvalue weighted by molar-refractivity contribution is 7.99. The molecule has 0 aliphatic rings. The second kappa shape index (κ2) is 7.54. The first-order valence-electron chi connectivity index (χ1n) is 6.07. The zero-order chi connectivity index (χ0) is 16.1. The van der Waals surface area contributed by atoms with Crippen LogP contribution in [-0.4, -0.2) is 24.0 Å². The van der Waals surface area contributed by atoms with E-state index in [1.807, 2.05) is 0 Å². The molecule has 0 amide bonds. The van der Waals surface area contributed by atoms with Crippen LogP contribution in [0.2, 0.25) is 10.0 Å². The lowest BCUT2D eigenvalue weighted by molar-refractivity contribution is -0.139. The van der Waals surface area contributed by atoms with Gasteiger partial charge < -0.3 is 9.84 Å². The predicted octanol–water partition coefficient (Wildman–Crippen LogP) is 4.42. The van der Waals surface area contributed by atoms with Gasteiger partial charge in [-0.1, -0.05) is 47.1 Å². The highest BCUT2D eigenvalue weighted by atomic mass is 35.5. The Kier molecular flexibility index (Phi) is 5.71. The van der Waals surface area contributed by atoms with Crippen LogP contribution in [0.15, 0.2) is 46.2 Å². The van der Waals surface area contributed by atoms with Crippen LogP contribution < -0.4 is 4.74 Å². The molecule has 0 bridgehead atoms. The lowest BCUT2D eigenvalue weighted by atomic mass is 10.2. The topological polar surface area (TPSA) is 63.6 Å². The van der Waals surface area contributed by atoms with Crippen LogP contribution in [0.1, 0.15) is 10.4 Å². The van der Waals surface area contributed by atoms with Crippen molar-refractivity contribution in [1.29, 1.82) is 0 Å². The number of benzene rings is 2. The van der Waals surface area contributed by atoms with Crippen LogP contribution in [0.5, 0.6) is 5.75 Å². The number of carboxylic acid groups (broad SMARTS) is 1. The number of para-hydroxylation sites is 1. The van der Waals surface area contributed by atoms with Gasteiger partial charge in [-0.05, 0) is 24.3 Å². The third-order valence-electron chi connectivity index (χ3n) is 2.62. The van der Waals surface area contributed by atoms with Crippen LogP contribution in [0.3, 0.4) is 0 Å².